The van der Waals surface area contributed by atoms with E-state index >= 15 is 8.78 Å². The third kappa shape index (κ3) is 4.07. The first kappa shape index (κ1) is 30.3. The quantitative estimate of drug-likeness (QED) is 0.323. The van der Waals surface area contributed by atoms with Gasteiger partial charge in [-0.1, -0.05) is 43.0 Å². The zero-order chi connectivity index (χ0) is 31.2. The zero-order valence-electron chi connectivity index (χ0n) is 24.6. The monoisotopic (exact) mass is 640 g/mol. The smallest absolute Gasteiger partial charge is 0.185 e. The molecule has 1 N–H and O–H groups in total. The standard InChI is InChI=1S/C34H34F2O6S2/c1-31-12-11-20(38)13-26(31)27(35)15-25-24-16-29-33(18-37,32(24,2)17-28(39)34(25,31)36)42-30(41-29)19-7-9-21(10-8-19)43-22-5-4-6-23(14-22)44(3)40/h4-14,18,24-25,27-30,39H,15-17H2,1-3H3/t24-,25-,27-,28-,29+,30+,31-,32-,33+,34-,44?/m0/s1. The highest BCUT2D eigenvalue weighted by Gasteiger charge is 2.78. The maximum Gasteiger partial charge on any atom is 0.185 e. The van der Waals surface area contributed by atoms with E-state index in [9.17, 15) is 19.2 Å². The summed E-state index contributed by atoms with van der Waals surface area (Å²) in [6, 6.07) is 15.1. The number of ether oxygens (including phenoxy) is 2. The minimum atomic E-state index is -2.23. The second-order valence-corrected chi connectivity index (χ2v) is 15.7. The maximum absolute atomic E-state index is 17.4. The van der Waals surface area contributed by atoms with Crippen LogP contribution in [0, 0.1) is 22.7 Å². The average Bonchev–Trinajstić information content (AvgIpc) is 3.48. The third-order valence-corrected chi connectivity index (χ3v) is 13.1. The molecule has 0 bridgehead atoms. The molecular weight excluding hydrogens is 606 g/mol. The number of hydrogen-bond acceptors (Lipinski definition) is 7. The molecule has 1 saturated heterocycles. The van der Waals surface area contributed by atoms with Crippen molar-refractivity contribution in [1.29, 1.82) is 0 Å². The Hall–Kier alpha value is -2.34. The molecule has 2 aromatic rings. The molecule has 1 aliphatic heterocycles. The predicted molar refractivity (Wildman–Crippen MR) is 161 cm³/mol. The number of aliphatic hydroxyl groups is 1. The van der Waals surface area contributed by atoms with Gasteiger partial charge in [0.15, 0.2) is 34.5 Å². The Morgan fingerprint density at radius 3 is 2.57 bits per heavy atom. The fraction of sp³-hybridized carbons (Fsp3) is 0.471. The number of carbonyl (C=O) groups is 2. The van der Waals surface area contributed by atoms with E-state index in [4.69, 9.17) is 9.47 Å². The van der Waals surface area contributed by atoms with Crippen LogP contribution in [-0.2, 0) is 30.2 Å². The Morgan fingerprint density at radius 2 is 1.86 bits per heavy atom. The van der Waals surface area contributed by atoms with Gasteiger partial charge in [0.25, 0.3) is 0 Å². The van der Waals surface area contributed by atoms with Gasteiger partial charge in [-0.15, -0.1) is 0 Å². The lowest BCUT2D eigenvalue weighted by Crippen LogP contribution is -2.70. The molecule has 10 heteroatoms. The van der Waals surface area contributed by atoms with Crippen molar-refractivity contribution in [3.05, 3.63) is 77.9 Å². The number of benzene rings is 2. The highest BCUT2D eigenvalue weighted by molar-refractivity contribution is 7.99. The van der Waals surface area contributed by atoms with Crippen molar-refractivity contribution in [2.45, 2.75) is 83.7 Å². The summed E-state index contributed by atoms with van der Waals surface area (Å²) in [5.41, 5.74) is -5.41. The van der Waals surface area contributed by atoms with Crippen molar-refractivity contribution in [2.24, 2.45) is 22.7 Å². The minimum absolute atomic E-state index is 0.0666. The molecule has 7 rings (SSSR count). The molecule has 44 heavy (non-hydrogen) atoms. The van der Waals surface area contributed by atoms with Gasteiger partial charge in [0, 0.05) is 38.2 Å². The lowest BCUT2D eigenvalue weighted by Gasteiger charge is -2.62. The van der Waals surface area contributed by atoms with Gasteiger partial charge in [-0.25, -0.2) is 8.78 Å². The third-order valence-electron chi connectivity index (χ3n) is 11.1. The molecule has 3 saturated carbocycles. The molecule has 1 unspecified atom stereocenters. The number of hydrogen-bond donors (Lipinski definition) is 1. The van der Waals surface area contributed by atoms with Gasteiger partial charge in [-0.05, 0) is 85.3 Å². The lowest BCUT2D eigenvalue weighted by molar-refractivity contribution is -0.231. The van der Waals surface area contributed by atoms with E-state index in [1.807, 2.05) is 55.5 Å². The van der Waals surface area contributed by atoms with Gasteiger partial charge in [0.05, 0.1) is 12.2 Å². The summed E-state index contributed by atoms with van der Waals surface area (Å²) >= 11 is 0.451. The molecule has 6 nitrogen and oxygen atoms in total. The maximum atomic E-state index is 17.4. The Balaban J connectivity index is 1.15. The van der Waals surface area contributed by atoms with Gasteiger partial charge in [-0.3, -0.25) is 9.59 Å². The number of allylic oxidation sites excluding steroid dienone is 4. The lowest BCUT2D eigenvalue weighted by atomic mass is 9.44. The number of ketones is 1. The van der Waals surface area contributed by atoms with Crippen LogP contribution in [0.15, 0.2) is 87.0 Å². The van der Waals surface area contributed by atoms with Crippen LogP contribution in [-0.4, -0.2) is 57.6 Å². The largest absolute Gasteiger partial charge is 0.612 e. The van der Waals surface area contributed by atoms with Crippen molar-refractivity contribution in [3.8, 4) is 0 Å². The Labute approximate surface area is 262 Å². The molecular formula is C34H34F2O6S2. The number of fused-ring (bicyclic) bond motifs is 7. The molecule has 0 amide bonds. The van der Waals surface area contributed by atoms with Crippen LogP contribution in [0.2, 0.25) is 0 Å². The Kier molecular flexibility index (Phi) is 7.12. The van der Waals surface area contributed by atoms with Crippen LogP contribution in [0.5, 0.6) is 0 Å². The highest BCUT2D eigenvalue weighted by atomic mass is 32.2. The Morgan fingerprint density at radius 1 is 1.11 bits per heavy atom. The van der Waals surface area contributed by atoms with E-state index in [0.29, 0.717) is 5.56 Å². The number of carbonyl (C=O) groups excluding carboxylic acids is 2. The van der Waals surface area contributed by atoms with Crippen molar-refractivity contribution in [2.75, 3.05) is 6.26 Å². The van der Waals surface area contributed by atoms with E-state index in [1.54, 1.807) is 13.2 Å². The molecule has 0 radical (unpaired) electrons. The van der Waals surface area contributed by atoms with Crippen LogP contribution in [0.4, 0.5) is 8.78 Å². The fourth-order valence-corrected chi connectivity index (χ4v) is 10.4. The summed E-state index contributed by atoms with van der Waals surface area (Å²) in [5, 5.41) is 11.6. The minimum Gasteiger partial charge on any atom is -0.612 e. The second kappa shape index (κ2) is 10.3. The molecule has 4 aliphatic carbocycles. The van der Waals surface area contributed by atoms with Gasteiger partial charge >= 0.3 is 0 Å². The average molecular weight is 641 g/mol. The van der Waals surface area contributed by atoms with E-state index in [0.717, 1.165) is 21.0 Å². The number of rotatable bonds is 5. The molecule has 5 aliphatic rings. The molecule has 1 heterocycles. The predicted octanol–water partition coefficient (Wildman–Crippen LogP) is 5.86. The van der Waals surface area contributed by atoms with E-state index in [2.05, 4.69) is 0 Å². The van der Waals surface area contributed by atoms with Crippen molar-refractivity contribution in [3.63, 3.8) is 0 Å². The molecule has 0 aromatic heterocycles. The summed E-state index contributed by atoms with van der Waals surface area (Å²) in [5.74, 6) is -1.81. The highest BCUT2D eigenvalue weighted by Crippen LogP contribution is 2.72. The molecule has 4 fully saturated rings. The Bertz CT molecular complexity index is 1580. The van der Waals surface area contributed by atoms with Crippen molar-refractivity contribution < 1.29 is 37.5 Å². The SMILES string of the molecule is C[S+]([O-])c1cccc(Sc2ccc([C@@H]3O[C@@H]4C[C@H]5[C@@H]6C[C@H](F)C7=CC(=O)C=C[C@]7(C)[C@@]6(F)[C@@H](O)C[C@]5(C)[C@]4(C=O)O3)cc2)c1. The van der Waals surface area contributed by atoms with Crippen LogP contribution in [0.25, 0.3) is 0 Å². The first-order valence-electron chi connectivity index (χ1n) is 14.8. The number of halogens is 2. The first-order chi connectivity index (χ1) is 20.9. The molecule has 11 atom stereocenters. The van der Waals surface area contributed by atoms with Gasteiger partial charge < -0.3 is 19.1 Å². The van der Waals surface area contributed by atoms with Gasteiger partial charge in [-0.2, -0.15) is 0 Å². The summed E-state index contributed by atoms with van der Waals surface area (Å²) in [7, 11) is 0. The topological polar surface area (TPSA) is 95.9 Å². The summed E-state index contributed by atoms with van der Waals surface area (Å²) < 4.78 is 57.9. The van der Waals surface area contributed by atoms with Crippen LogP contribution < -0.4 is 0 Å². The van der Waals surface area contributed by atoms with Gasteiger partial charge in [0.2, 0.25) is 0 Å². The van der Waals surface area contributed by atoms with Crippen LogP contribution in [0.3, 0.4) is 0 Å². The summed E-state index contributed by atoms with van der Waals surface area (Å²) in [6.45, 7) is 3.39. The number of alkyl halides is 2. The summed E-state index contributed by atoms with van der Waals surface area (Å²) in [6.07, 6.45) is 1.60. The van der Waals surface area contributed by atoms with E-state index < -0.39 is 75.6 Å². The van der Waals surface area contributed by atoms with Crippen molar-refractivity contribution in [1.82, 2.24) is 0 Å². The molecule has 0 spiro atoms. The fourth-order valence-electron chi connectivity index (χ4n) is 8.86. The normalized spacial score (nSPS) is 43.0. The van der Waals surface area contributed by atoms with Crippen LogP contribution >= 0.6 is 11.8 Å². The van der Waals surface area contributed by atoms with Crippen molar-refractivity contribution >= 4 is 35.0 Å². The van der Waals surface area contributed by atoms with Gasteiger partial charge in [0.1, 0.15) is 12.4 Å². The molecule has 2 aromatic carbocycles. The molecule has 232 valence electrons. The summed E-state index contributed by atoms with van der Waals surface area (Å²) in [4.78, 5) is 27.7. The zero-order valence-corrected chi connectivity index (χ0v) is 26.2. The number of aliphatic hydroxyl groups excluding tert-OH is 1. The first-order valence-corrected chi connectivity index (χ1v) is 17.2. The van der Waals surface area contributed by atoms with E-state index in [-0.39, 0.29) is 24.8 Å². The van der Waals surface area contributed by atoms with Crippen LogP contribution in [0.1, 0.15) is 45.0 Å². The second-order valence-electron chi connectivity index (χ2n) is 13.2. The van der Waals surface area contributed by atoms with E-state index in [1.165, 1.54) is 30.0 Å². The number of aldehydes is 1.